The number of hydrogen-bond acceptors (Lipinski definition) is 10. The molecule has 10 heteroatoms. The van der Waals surface area contributed by atoms with Gasteiger partial charge in [-0.2, -0.15) is 0 Å². The molecule has 208 valence electrons. The minimum absolute atomic E-state index is 0.0324. The van der Waals surface area contributed by atoms with Crippen molar-refractivity contribution in [1.29, 1.82) is 0 Å². The average molecular weight is 557 g/mol. The molecule has 41 heavy (non-hydrogen) atoms. The number of phenols is 5. The number of ketones is 2. The summed E-state index contributed by atoms with van der Waals surface area (Å²) < 4.78 is 17.7. The first-order valence-corrected chi connectivity index (χ1v) is 12.6. The highest BCUT2D eigenvalue weighted by Crippen LogP contribution is 2.53. The molecule has 4 aromatic rings. The highest BCUT2D eigenvalue weighted by molar-refractivity contribution is 6.11. The maximum atomic E-state index is 14.3. The maximum Gasteiger partial charge on any atom is 0.178 e. The summed E-state index contributed by atoms with van der Waals surface area (Å²) in [6, 6.07) is 17.0. The monoisotopic (exact) mass is 556 g/mol. The molecule has 10 nitrogen and oxygen atoms in total. The molecular weight excluding hydrogens is 532 g/mol. The van der Waals surface area contributed by atoms with Gasteiger partial charge in [0.05, 0.1) is 18.9 Å². The van der Waals surface area contributed by atoms with Crippen LogP contribution < -0.4 is 14.2 Å². The van der Waals surface area contributed by atoms with E-state index in [2.05, 4.69) is 0 Å². The average Bonchev–Trinajstić information content (AvgIpc) is 2.93. The second-order valence-electron chi connectivity index (χ2n) is 9.90. The van der Waals surface area contributed by atoms with Gasteiger partial charge in [-0.15, -0.1) is 0 Å². The third-order valence-electron chi connectivity index (χ3n) is 7.44. The molecule has 5 N–H and O–H groups in total. The van der Waals surface area contributed by atoms with Gasteiger partial charge in [0, 0.05) is 24.3 Å². The van der Waals surface area contributed by atoms with Crippen LogP contribution in [0.25, 0.3) is 0 Å². The Hall–Kier alpha value is -5.38. The molecule has 0 saturated heterocycles. The molecule has 2 aliphatic heterocycles. The van der Waals surface area contributed by atoms with Gasteiger partial charge in [-0.05, 0) is 35.4 Å². The van der Waals surface area contributed by atoms with E-state index in [1.54, 1.807) is 24.3 Å². The summed E-state index contributed by atoms with van der Waals surface area (Å²) in [5.41, 5.74) is 0.493. The first-order valence-electron chi connectivity index (χ1n) is 12.6. The van der Waals surface area contributed by atoms with Crippen molar-refractivity contribution in [3.8, 4) is 46.0 Å². The third kappa shape index (κ3) is 4.29. The maximum absolute atomic E-state index is 14.3. The fraction of sp³-hybridized carbons (Fsp3) is 0.161. The Morgan fingerprint density at radius 2 is 1.00 bits per heavy atom. The van der Waals surface area contributed by atoms with Gasteiger partial charge >= 0.3 is 0 Å². The number of methoxy groups -OCH3 is 1. The van der Waals surface area contributed by atoms with Crippen molar-refractivity contribution < 1.29 is 49.3 Å². The third-order valence-corrected chi connectivity index (χ3v) is 7.44. The van der Waals surface area contributed by atoms with Crippen LogP contribution in [-0.4, -0.2) is 44.2 Å². The molecule has 6 rings (SSSR count). The molecule has 0 amide bonds. The number of hydrogen-bond donors (Lipinski definition) is 5. The Bertz CT molecular complexity index is 1680. The zero-order valence-electron chi connectivity index (χ0n) is 21.5. The molecule has 0 spiro atoms. The van der Waals surface area contributed by atoms with Crippen LogP contribution in [0.1, 0.15) is 44.1 Å². The predicted molar refractivity (Wildman–Crippen MR) is 143 cm³/mol. The lowest BCUT2D eigenvalue weighted by molar-refractivity contribution is 0.0129. The van der Waals surface area contributed by atoms with Crippen LogP contribution >= 0.6 is 0 Å². The summed E-state index contributed by atoms with van der Waals surface area (Å²) in [6.07, 6.45) is -2.23. The van der Waals surface area contributed by atoms with E-state index >= 15 is 0 Å². The number of ether oxygens (including phenoxy) is 3. The minimum Gasteiger partial charge on any atom is -0.508 e. The van der Waals surface area contributed by atoms with E-state index in [1.807, 2.05) is 0 Å². The number of fused-ring (bicyclic) bond motifs is 2. The zero-order valence-corrected chi connectivity index (χ0v) is 21.5. The van der Waals surface area contributed by atoms with Gasteiger partial charge in [0.1, 0.15) is 69.3 Å². The van der Waals surface area contributed by atoms with Crippen LogP contribution in [0.2, 0.25) is 0 Å². The van der Waals surface area contributed by atoms with Crippen molar-refractivity contribution in [2.75, 3.05) is 7.11 Å². The summed E-state index contributed by atoms with van der Waals surface area (Å²) in [6.45, 7) is 0. The van der Waals surface area contributed by atoms with Crippen LogP contribution in [0.4, 0.5) is 0 Å². The summed E-state index contributed by atoms with van der Waals surface area (Å²) in [4.78, 5) is 28.6. The van der Waals surface area contributed by atoms with Crippen LogP contribution in [0, 0.1) is 11.8 Å². The largest absolute Gasteiger partial charge is 0.508 e. The molecular formula is C31H24O10. The van der Waals surface area contributed by atoms with Crippen molar-refractivity contribution in [2.24, 2.45) is 11.8 Å². The minimum atomic E-state index is -1.30. The summed E-state index contributed by atoms with van der Waals surface area (Å²) >= 11 is 0. The second kappa shape index (κ2) is 9.67. The number of carbonyl (C=O) groups excluding carboxylic acids is 2. The SMILES string of the molecule is COc1ccc([C@H]2Oc3cc(O)cc(O)c3C(=O)[C@H]2[C@@H]2C(=O)c3c(O)cc(O)cc3O[C@@H]2c2ccc(O)cc2)cc1. The number of benzene rings is 4. The molecule has 4 aromatic carbocycles. The van der Waals surface area contributed by atoms with Crippen molar-refractivity contribution >= 4 is 11.6 Å². The quantitative estimate of drug-likeness (QED) is 0.236. The molecule has 0 radical (unpaired) electrons. The lowest BCUT2D eigenvalue weighted by Gasteiger charge is -2.42. The molecule has 0 saturated carbocycles. The van der Waals surface area contributed by atoms with E-state index in [9.17, 15) is 35.1 Å². The van der Waals surface area contributed by atoms with Crippen LogP contribution in [0.15, 0.2) is 72.8 Å². The van der Waals surface area contributed by atoms with Gasteiger partial charge < -0.3 is 39.7 Å². The number of phenolic OH excluding ortho intramolecular Hbond substituents is 5. The van der Waals surface area contributed by atoms with E-state index in [1.165, 1.54) is 43.5 Å². The van der Waals surface area contributed by atoms with E-state index in [-0.39, 0.29) is 39.9 Å². The fourth-order valence-corrected chi connectivity index (χ4v) is 5.59. The molecule has 0 fully saturated rings. The van der Waals surface area contributed by atoms with Gasteiger partial charge in [0.2, 0.25) is 0 Å². The molecule has 0 aromatic heterocycles. The molecule has 0 bridgehead atoms. The van der Waals surface area contributed by atoms with E-state index < -0.39 is 47.1 Å². The molecule has 0 unspecified atom stereocenters. The standard InChI is InChI=1S/C31H24O10/c1-39-19-8-4-15(5-9-19)31-27(29(38)25-21(36)11-18(34)13-23(25)41-31)26-28(37)24-20(35)10-17(33)12-22(24)40-30(26)14-2-6-16(32)7-3-14/h2-13,26-27,30-36H,1H3/t26-,27-,30-,31-/m1/s1. The van der Waals surface area contributed by atoms with Crippen LogP contribution in [0.3, 0.4) is 0 Å². The van der Waals surface area contributed by atoms with Crippen molar-refractivity contribution in [2.45, 2.75) is 12.2 Å². The lowest BCUT2D eigenvalue weighted by Crippen LogP contribution is -2.45. The fourth-order valence-electron chi connectivity index (χ4n) is 5.59. The van der Waals surface area contributed by atoms with E-state index in [0.717, 1.165) is 12.1 Å². The molecule has 0 aliphatic carbocycles. The van der Waals surface area contributed by atoms with Crippen LogP contribution in [0.5, 0.6) is 46.0 Å². The Labute approximate surface area is 233 Å². The molecule has 2 heterocycles. The smallest absolute Gasteiger partial charge is 0.178 e. The van der Waals surface area contributed by atoms with E-state index in [0.29, 0.717) is 16.9 Å². The first-order chi connectivity index (χ1) is 19.7. The molecule has 4 atom stereocenters. The number of carbonyl (C=O) groups is 2. The lowest BCUT2D eigenvalue weighted by atomic mass is 9.69. The van der Waals surface area contributed by atoms with Gasteiger partial charge in [-0.3, -0.25) is 9.59 Å². The summed E-state index contributed by atoms with van der Waals surface area (Å²) in [7, 11) is 1.50. The number of rotatable bonds is 4. The van der Waals surface area contributed by atoms with Gasteiger partial charge in [0.25, 0.3) is 0 Å². The molecule has 2 aliphatic rings. The Kier molecular flexibility index (Phi) is 6.10. The summed E-state index contributed by atoms with van der Waals surface area (Å²) in [5.74, 6) is -5.23. The highest BCUT2D eigenvalue weighted by Gasteiger charge is 2.53. The van der Waals surface area contributed by atoms with Crippen LogP contribution in [-0.2, 0) is 0 Å². The topological polar surface area (TPSA) is 163 Å². The number of Topliss-reactive ketones (excluding diaryl/α,β-unsaturated/α-hetero) is 2. The van der Waals surface area contributed by atoms with Gasteiger partial charge in [-0.25, -0.2) is 0 Å². The Balaban J connectivity index is 1.58. The van der Waals surface area contributed by atoms with Crippen molar-refractivity contribution in [1.82, 2.24) is 0 Å². The van der Waals surface area contributed by atoms with E-state index in [4.69, 9.17) is 14.2 Å². The number of aromatic hydroxyl groups is 5. The summed E-state index contributed by atoms with van der Waals surface area (Å²) in [5, 5.41) is 51.4. The normalized spacial score (nSPS) is 21.3. The highest BCUT2D eigenvalue weighted by atomic mass is 16.5. The zero-order chi connectivity index (χ0) is 29.0. The van der Waals surface area contributed by atoms with Gasteiger partial charge in [-0.1, -0.05) is 24.3 Å². The first kappa shape index (κ1) is 25.9. The Morgan fingerprint density at radius 3 is 1.41 bits per heavy atom. The second-order valence-corrected chi connectivity index (χ2v) is 9.90. The predicted octanol–water partition coefficient (Wildman–Crippen LogP) is 4.79. The van der Waals surface area contributed by atoms with Crippen molar-refractivity contribution in [3.05, 3.63) is 95.1 Å². The van der Waals surface area contributed by atoms with Crippen molar-refractivity contribution in [3.63, 3.8) is 0 Å². The Morgan fingerprint density at radius 1 is 0.585 bits per heavy atom. The van der Waals surface area contributed by atoms with Gasteiger partial charge in [0.15, 0.2) is 11.6 Å².